The second-order valence-electron chi connectivity index (χ2n) is 11.7. The summed E-state index contributed by atoms with van der Waals surface area (Å²) in [6.45, 7) is 8.64. The van der Waals surface area contributed by atoms with Crippen LogP contribution in [0.3, 0.4) is 0 Å². The van der Waals surface area contributed by atoms with Crippen molar-refractivity contribution in [2.45, 2.75) is 76.5 Å². The van der Waals surface area contributed by atoms with Crippen LogP contribution in [-0.4, -0.2) is 86.0 Å². The molecule has 12 nitrogen and oxygen atoms in total. The molecule has 1 saturated heterocycles. The van der Waals surface area contributed by atoms with E-state index in [0.29, 0.717) is 18.4 Å². The van der Waals surface area contributed by atoms with Crippen LogP contribution in [-0.2, 0) is 40.3 Å². The molecule has 1 N–H and O–H groups in total. The van der Waals surface area contributed by atoms with Gasteiger partial charge in [0.1, 0.15) is 30.0 Å². The molecular weight excluding hydrogens is 590 g/mol. The summed E-state index contributed by atoms with van der Waals surface area (Å²) in [6.07, 6.45) is 0.215. The Bertz CT molecular complexity index is 1440. The fourth-order valence-corrected chi connectivity index (χ4v) is 6.15. The summed E-state index contributed by atoms with van der Waals surface area (Å²) < 4.78 is 43.7. The quantitative estimate of drug-likeness (QED) is 0.369. The van der Waals surface area contributed by atoms with Gasteiger partial charge in [-0.25, -0.2) is 18.0 Å². The number of hydrogen-bond donors (Lipinski definition) is 1. The maximum atomic E-state index is 13.5. The highest BCUT2D eigenvalue weighted by molar-refractivity contribution is 7.89. The van der Waals surface area contributed by atoms with E-state index >= 15 is 0 Å². The number of sulfonamides is 1. The van der Waals surface area contributed by atoms with Crippen LogP contribution >= 0.6 is 0 Å². The Morgan fingerprint density at radius 1 is 1.05 bits per heavy atom. The molecule has 1 fully saturated rings. The van der Waals surface area contributed by atoms with Gasteiger partial charge in [-0.1, -0.05) is 29.8 Å². The topological polar surface area (TPSA) is 149 Å². The molecule has 2 atom stereocenters. The zero-order chi connectivity index (χ0) is 32.7. The number of aryl methyl sites for hydroxylation is 1. The fraction of sp³-hybridized carbons (Fsp3) is 0.484. The number of hydrogen-bond acceptors (Lipinski definition) is 9. The second-order valence-corrected chi connectivity index (χ2v) is 13.5. The van der Waals surface area contributed by atoms with E-state index in [0.717, 1.165) is 5.56 Å². The van der Waals surface area contributed by atoms with Crippen LogP contribution in [0.25, 0.3) is 0 Å². The molecule has 0 spiro atoms. The van der Waals surface area contributed by atoms with E-state index < -0.39 is 51.6 Å². The molecule has 3 rings (SSSR count). The maximum absolute atomic E-state index is 13.5. The van der Waals surface area contributed by atoms with Gasteiger partial charge in [0, 0.05) is 26.9 Å². The molecule has 2 aromatic rings. The largest absolute Gasteiger partial charge is 0.464 e. The molecule has 0 aromatic heterocycles. The van der Waals surface area contributed by atoms with E-state index in [9.17, 15) is 27.6 Å². The molecule has 1 aliphatic rings. The summed E-state index contributed by atoms with van der Waals surface area (Å²) in [7, 11) is -2.43. The highest BCUT2D eigenvalue weighted by Crippen LogP contribution is 2.27. The third-order valence-corrected chi connectivity index (χ3v) is 8.68. The normalized spacial score (nSPS) is 16.1. The molecule has 0 aliphatic carbocycles. The molecular formula is C31H41N3O9S. The van der Waals surface area contributed by atoms with Crippen molar-refractivity contribution in [3.05, 3.63) is 59.7 Å². The number of esters is 2. The molecule has 240 valence electrons. The Labute approximate surface area is 258 Å². The number of rotatable bonds is 11. The molecule has 0 unspecified atom stereocenters. The number of nitrogens with zero attached hydrogens (tertiary/aromatic N) is 2. The van der Waals surface area contributed by atoms with Crippen molar-refractivity contribution in [2.24, 2.45) is 0 Å². The van der Waals surface area contributed by atoms with Crippen molar-refractivity contribution in [3.63, 3.8) is 0 Å². The minimum absolute atomic E-state index is 0.0359. The number of amides is 2. The molecule has 0 radical (unpaired) electrons. The Balaban J connectivity index is 1.72. The molecule has 2 amide bonds. The number of benzene rings is 2. The van der Waals surface area contributed by atoms with Gasteiger partial charge in [-0.3, -0.25) is 9.59 Å². The van der Waals surface area contributed by atoms with Crippen LogP contribution in [0.4, 0.5) is 4.79 Å². The summed E-state index contributed by atoms with van der Waals surface area (Å²) in [5.74, 6) is -1.45. The fourth-order valence-electron chi connectivity index (χ4n) is 4.50. The first kappa shape index (κ1) is 34.5. The molecule has 13 heteroatoms. The van der Waals surface area contributed by atoms with Gasteiger partial charge in [0.15, 0.2) is 0 Å². The van der Waals surface area contributed by atoms with Crippen LogP contribution in [0, 0.1) is 6.92 Å². The summed E-state index contributed by atoms with van der Waals surface area (Å²) in [6, 6.07) is 10.7. The maximum Gasteiger partial charge on any atom is 0.415 e. The van der Waals surface area contributed by atoms with E-state index in [1.165, 1.54) is 35.3 Å². The summed E-state index contributed by atoms with van der Waals surface area (Å²) in [4.78, 5) is 51.3. The Morgan fingerprint density at radius 2 is 1.68 bits per heavy atom. The van der Waals surface area contributed by atoms with Crippen molar-refractivity contribution in [1.82, 2.24) is 14.5 Å². The highest BCUT2D eigenvalue weighted by Gasteiger charge is 2.41. The van der Waals surface area contributed by atoms with Gasteiger partial charge in [0.05, 0.1) is 11.4 Å². The van der Waals surface area contributed by atoms with Crippen molar-refractivity contribution in [1.29, 1.82) is 0 Å². The highest BCUT2D eigenvalue weighted by atomic mass is 32.2. The number of ether oxygens (including phenoxy) is 3. The van der Waals surface area contributed by atoms with Crippen molar-refractivity contribution >= 4 is 34.0 Å². The number of likely N-dealkylation sites (N-methyl/N-ethyl adjacent to an activating group) is 1. The van der Waals surface area contributed by atoms with E-state index in [2.05, 4.69) is 5.32 Å². The molecule has 0 bridgehead atoms. The lowest BCUT2D eigenvalue weighted by Gasteiger charge is -2.28. The predicted molar refractivity (Wildman–Crippen MR) is 161 cm³/mol. The summed E-state index contributed by atoms with van der Waals surface area (Å²) in [5, 5.41) is 2.73. The third-order valence-electron chi connectivity index (χ3n) is 6.75. The third kappa shape index (κ3) is 9.78. The van der Waals surface area contributed by atoms with Gasteiger partial charge < -0.3 is 24.4 Å². The van der Waals surface area contributed by atoms with E-state index in [4.69, 9.17) is 14.2 Å². The Kier molecular flexibility index (Phi) is 11.5. The minimum Gasteiger partial charge on any atom is -0.464 e. The second kappa shape index (κ2) is 14.7. The number of carbonyl (C=O) groups is 4. The molecule has 1 aliphatic heterocycles. The molecule has 0 saturated carbocycles. The predicted octanol–water partition coefficient (Wildman–Crippen LogP) is 3.21. The lowest BCUT2D eigenvalue weighted by Crippen LogP contribution is -2.52. The van der Waals surface area contributed by atoms with Crippen LogP contribution in [0.1, 0.15) is 51.7 Å². The number of carbonyl (C=O) groups excluding carboxylic acids is 4. The van der Waals surface area contributed by atoms with Gasteiger partial charge in [0.2, 0.25) is 15.9 Å². The van der Waals surface area contributed by atoms with Gasteiger partial charge in [-0.15, -0.1) is 0 Å². The Hall–Kier alpha value is -3.97. The first-order valence-electron chi connectivity index (χ1n) is 14.3. The molecule has 44 heavy (non-hydrogen) atoms. The van der Waals surface area contributed by atoms with Crippen molar-refractivity contribution in [3.8, 4) is 5.75 Å². The van der Waals surface area contributed by atoms with Crippen molar-refractivity contribution in [2.75, 3.05) is 26.7 Å². The smallest absolute Gasteiger partial charge is 0.415 e. The minimum atomic E-state index is -3.93. The van der Waals surface area contributed by atoms with Crippen LogP contribution in [0.5, 0.6) is 5.75 Å². The summed E-state index contributed by atoms with van der Waals surface area (Å²) >= 11 is 0. The van der Waals surface area contributed by atoms with Crippen LogP contribution < -0.4 is 10.1 Å². The molecule has 2 aromatic carbocycles. The Morgan fingerprint density at radius 3 is 2.27 bits per heavy atom. The lowest BCUT2D eigenvalue weighted by atomic mass is 10.0. The first-order valence-corrected chi connectivity index (χ1v) is 15.8. The van der Waals surface area contributed by atoms with Crippen LogP contribution in [0.15, 0.2) is 53.4 Å². The van der Waals surface area contributed by atoms with Gasteiger partial charge in [0.25, 0.3) is 0 Å². The molecule has 1 heterocycles. The standard InChI is InChI=1S/C31H41N3O9S/c1-21-9-15-25(16-10-21)44(39,40)34-17-7-8-27(34)28(36)32-26(29(37)43-31(3,4)5)20-23-11-13-24(14-12-23)42-30(38)33(6)18-19-41-22(2)35/h9-16,26-27H,7-8,17-20H2,1-6H3,(H,32,36)/t26-,27-/m0/s1. The average molecular weight is 632 g/mol. The van der Waals surface area contributed by atoms with E-state index in [1.54, 1.807) is 57.2 Å². The van der Waals surface area contributed by atoms with E-state index in [-0.39, 0.29) is 36.8 Å². The average Bonchev–Trinajstić information content (AvgIpc) is 3.44. The zero-order valence-electron chi connectivity index (χ0n) is 26.0. The first-order chi connectivity index (χ1) is 20.6. The van der Waals surface area contributed by atoms with Gasteiger partial charge >= 0.3 is 18.0 Å². The number of nitrogens with one attached hydrogen (secondary N) is 1. The van der Waals surface area contributed by atoms with Crippen LogP contribution in [0.2, 0.25) is 0 Å². The zero-order valence-corrected chi connectivity index (χ0v) is 26.8. The van der Waals surface area contributed by atoms with Gasteiger partial charge in [-0.05, 0) is 70.4 Å². The monoisotopic (exact) mass is 631 g/mol. The SMILES string of the molecule is CC(=O)OCCN(C)C(=O)Oc1ccc(C[C@H](NC(=O)[C@@H]2CCCN2S(=O)(=O)c2ccc(C)cc2)C(=O)OC(C)(C)C)cc1. The summed E-state index contributed by atoms with van der Waals surface area (Å²) in [5.41, 5.74) is 0.725. The van der Waals surface area contributed by atoms with E-state index in [1.807, 2.05) is 6.92 Å². The lowest BCUT2D eigenvalue weighted by molar-refractivity contribution is -0.158. The van der Waals surface area contributed by atoms with Crippen molar-refractivity contribution < 1.29 is 41.8 Å². The van der Waals surface area contributed by atoms with Gasteiger partial charge in [-0.2, -0.15) is 4.31 Å².